The Labute approximate surface area is 138 Å². The molecule has 0 saturated heterocycles. The van der Waals surface area contributed by atoms with Crippen molar-refractivity contribution in [2.75, 3.05) is 0 Å². The van der Waals surface area contributed by atoms with Crippen LogP contribution in [0.3, 0.4) is 0 Å². The fourth-order valence-electron chi connectivity index (χ4n) is 1.80. The van der Waals surface area contributed by atoms with Crippen LogP contribution in [0.2, 0.25) is 0 Å². The minimum absolute atomic E-state index is 0.0229. The van der Waals surface area contributed by atoms with Crippen LogP contribution < -0.4 is 15.7 Å². The zero-order valence-corrected chi connectivity index (χ0v) is 12.8. The highest BCUT2D eigenvalue weighted by Gasteiger charge is 2.18. The number of carboxylic acids is 1. The molecule has 7 nitrogen and oxygen atoms in total. The van der Waals surface area contributed by atoms with Gasteiger partial charge in [-0.15, -0.1) is 0 Å². The number of rotatable bonds is 6. The van der Waals surface area contributed by atoms with Crippen molar-refractivity contribution in [2.45, 2.75) is 13.0 Å². The molecule has 0 aliphatic carbocycles. The van der Waals surface area contributed by atoms with Gasteiger partial charge in [0.2, 0.25) is 0 Å². The number of aliphatic carboxylic acids is 1. The summed E-state index contributed by atoms with van der Waals surface area (Å²) in [7, 11) is 0. The van der Waals surface area contributed by atoms with Gasteiger partial charge in [-0.3, -0.25) is 9.59 Å². The zero-order valence-electron chi connectivity index (χ0n) is 12.8. The molecule has 1 heterocycles. The number of hydrogen-bond acceptors (Lipinski definition) is 5. The Morgan fingerprint density at radius 3 is 2.42 bits per heavy atom. The Bertz CT molecular complexity index is 751. The molecule has 0 spiro atoms. The molecule has 124 valence electrons. The van der Waals surface area contributed by atoms with Crippen LogP contribution in [-0.4, -0.2) is 23.8 Å². The maximum Gasteiger partial charge on any atom is 0.291 e. The van der Waals surface area contributed by atoms with Crippen LogP contribution in [0.1, 0.15) is 23.0 Å². The van der Waals surface area contributed by atoms with Gasteiger partial charge in [0, 0.05) is 0 Å². The summed E-state index contributed by atoms with van der Waals surface area (Å²) >= 11 is 0. The summed E-state index contributed by atoms with van der Waals surface area (Å²) in [4.78, 5) is 35.1. The van der Waals surface area contributed by atoms with Gasteiger partial charge in [-0.2, -0.15) is 0 Å². The summed E-state index contributed by atoms with van der Waals surface area (Å²) in [6.07, 6.45) is 2.76. The SMILES string of the molecule is C[C@H](NC(=O)/C(=C\c1ccccc1)NC(=O)c1ccco1)C(=O)[O-]. The first-order chi connectivity index (χ1) is 11.5. The normalized spacial score (nSPS) is 12.3. The Morgan fingerprint density at radius 2 is 1.83 bits per heavy atom. The molecule has 0 saturated carbocycles. The van der Waals surface area contributed by atoms with Gasteiger partial charge in [-0.1, -0.05) is 30.3 Å². The van der Waals surface area contributed by atoms with Crippen LogP contribution in [0.15, 0.2) is 58.8 Å². The van der Waals surface area contributed by atoms with Crippen molar-refractivity contribution in [1.82, 2.24) is 10.6 Å². The minimum Gasteiger partial charge on any atom is -0.548 e. The number of carboxylic acid groups (broad SMARTS) is 1. The summed E-state index contributed by atoms with van der Waals surface area (Å²) in [5.41, 5.74) is 0.541. The van der Waals surface area contributed by atoms with E-state index < -0.39 is 23.8 Å². The van der Waals surface area contributed by atoms with Crippen LogP contribution >= 0.6 is 0 Å². The second-order valence-corrected chi connectivity index (χ2v) is 4.91. The fourth-order valence-corrected chi connectivity index (χ4v) is 1.80. The van der Waals surface area contributed by atoms with Crippen molar-refractivity contribution in [3.05, 3.63) is 65.7 Å². The number of hydrogen-bond donors (Lipinski definition) is 2. The van der Waals surface area contributed by atoms with Crippen molar-refractivity contribution in [1.29, 1.82) is 0 Å². The standard InChI is InChI=1S/C17H16N2O5/c1-11(17(22)23)18-15(20)13(10-12-6-3-2-4-7-12)19-16(21)14-8-5-9-24-14/h2-11H,1H3,(H,18,20)(H,19,21)(H,22,23)/p-1/b13-10+/t11-/m0/s1. The molecule has 1 aromatic carbocycles. The minimum atomic E-state index is -1.43. The average Bonchev–Trinajstić information content (AvgIpc) is 3.09. The van der Waals surface area contributed by atoms with Gasteiger partial charge in [0.05, 0.1) is 18.3 Å². The lowest BCUT2D eigenvalue weighted by Crippen LogP contribution is -2.48. The van der Waals surface area contributed by atoms with Crippen LogP contribution in [0.4, 0.5) is 0 Å². The lowest BCUT2D eigenvalue weighted by molar-refractivity contribution is -0.307. The third kappa shape index (κ3) is 4.57. The number of nitrogens with one attached hydrogen (secondary N) is 2. The number of carbonyl (C=O) groups excluding carboxylic acids is 3. The first-order valence-corrected chi connectivity index (χ1v) is 7.10. The monoisotopic (exact) mass is 327 g/mol. The third-order valence-electron chi connectivity index (χ3n) is 3.05. The van der Waals surface area contributed by atoms with E-state index in [0.29, 0.717) is 5.56 Å². The van der Waals surface area contributed by atoms with E-state index in [1.165, 1.54) is 31.4 Å². The lowest BCUT2D eigenvalue weighted by Gasteiger charge is -2.16. The van der Waals surface area contributed by atoms with E-state index in [9.17, 15) is 19.5 Å². The third-order valence-corrected chi connectivity index (χ3v) is 3.05. The van der Waals surface area contributed by atoms with Gasteiger partial charge in [-0.25, -0.2) is 0 Å². The van der Waals surface area contributed by atoms with Crippen molar-refractivity contribution in [3.8, 4) is 0 Å². The molecule has 0 bridgehead atoms. The Balaban J connectivity index is 2.24. The molecule has 2 aromatic rings. The summed E-state index contributed by atoms with van der Waals surface area (Å²) in [6, 6.07) is 10.6. The highest BCUT2D eigenvalue weighted by molar-refractivity contribution is 6.05. The molecule has 7 heteroatoms. The highest BCUT2D eigenvalue weighted by Crippen LogP contribution is 2.07. The summed E-state index contributed by atoms with van der Waals surface area (Å²) in [5, 5.41) is 15.4. The molecule has 0 radical (unpaired) electrons. The van der Waals surface area contributed by atoms with Crippen molar-refractivity contribution in [2.24, 2.45) is 0 Å². The summed E-state index contributed by atoms with van der Waals surface area (Å²) in [6.45, 7) is 1.27. The Hall–Kier alpha value is -3.35. The molecule has 24 heavy (non-hydrogen) atoms. The van der Waals surface area contributed by atoms with Gasteiger partial charge in [0.25, 0.3) is 11.8 Å². The molecule has 0 fully saturated rings. The quantitative estimate of drug-likeness (QED) is 0.742. The number of furan rings is 1. The molecule has 1 atom stereocenters. The van der Waals surface area contributed by atoms with E-state index in [2.05, 4.69) is 10.6 Å². The van der Waals surface area contributed by atoms with Gasteiger partial charge in [-0.05, 0) is 30.7 Å². The van der Waals surface area contributed by atoms with Crippen molar-refractivity contribution >= 4 is 23.9 Å². The number of carbonyl (C=O) groups is 3. The summed E-state index contributed by atoms with van der Waals surface area (Å²) < 4.78 is 4.97. The predicted octanol–water partition coefficient (Wildman–Crippen LogP) is 0.305. The average molecular weight is 327 g/mol. The van der Waals surface area contributed by atoms with E-state index in [-0.39, 0.29) is 11.5 Å². The maximum absolute atomic E-state index is 12.3. The lowest BCUT2D eigenvalue weighted by atomic mass is 10.2. The van der Waals surface area contributed by atoms with Gasteiger partial charge >= 0.3 is 0 Å². The smallest absolute Gasteiger partial charge is 0.291 e. The first kappa shape index (κ1) is 17.0. The molecule has 0 aliphatic rings. The molecule has 2 N–H and O–H groups in total. The van der Waals surface area contributed by atoms with Crippen LogP contribution in [0.25, 0.3) is 6.08 Å². The van der Waals surface area contributed by atoms with Crippen molar-refractivity contribution in [3.63, 3.8) is 0 Å². The maximum atomic E-state index is 12.3. The van der Waals surface area contributed by atoms with E-state index in [1.807, 2.05) is 0 Å². The largest absolute Gasteiger partial charge is 0.548 e. The Morgan fingerprint density at radius 1 is 1.12 bits per heavy atom. The molecular weight excluding hydrogens is 312 g/mol. The molecule has 0 aliphatic heterocycles. The Kier molecular flexibility index (Phi) is 5.51. The summed E-state index contributed by atoms with van der Waals surface area (Å²) in [5.74, 6) is -2.79. The number of benzene rings is 1. The van der Waals surface area contributed by atoms with Gasteiger partial charge < -0.3 is 25.0 Å². The number of amides is 2. The molecule has 0 unspecified atom stereocenters. The van der Waals surface area contributed by atoms with Crippen LogP contribution in [0.5, 0.6) is 0 Å². The zero-order chi connectivity index (χ0) is 17.5. The second kappa shape index (κ2) is 7.77. The van der Waals surface area contributed by atoms with E-state index in [0.717, 1.165) is 0 Å². The van der Waals surface area contributed by atoms with Crippen molar-refractivity contribution < 1.29 is 23.9 Å². The fraction of sp³-hybridized carbons (Fsp3) is 0.118. The predicted molar refractivity (Wildman–Crippen MR) is 83.2 cm³/mol. The highest BCUT2D eigenvalue weighted by atomic mass is 16.4. The molecule has 1 aromatic heterocycles. The van der Waals surface area contributed by atoms with Gasteiger partial charge in [0.1, 0.15) is 5.70 Å². The molecule has 2 rings (SSSR count). The topological polar surface area (TPSA) is 111 Å². The second-order valence-electron chi connectivity index (χ2n) is 4.91. The van der Waals surface area contributed by atoms with E-state index >= 15 is 0 Å². The molecular formula is C17H15N2O5-. The van der Waals surface area contributed by atoms with Gasteiger partial charge in [0.15, 0.2) is 5.76 Å². The van der Waals surface area contributed by atoms with Crippen LogP contribution in [0, 0.1) is 0 Å². The first-order valence-electron chi connectivity index (χ1n) is 7.10. The van der Waals surface area contributed by atoms with Crippen LogP contribution in [-0.2, 0) is 9.59 Å². The van der Waals surface area contributed by atoms with E-state index in [4.69, 9.17) is 4.42 Å². The van der Waals surface area contributed by atoms with E-state index in [1.54, 1.807) is 30.3 Å². The molecule has 2 amide bonds.